The largest absolute Gasteiger partial charge is 0.488 e. The van der Waals surface area contributed by atoms with Gasteiger partial charge in [0, 0.05) is 38.7 Å². The van der Waals surface area contributed by atoms with Crippen molar-refractivity contribution in [3.05, 3.63) is 170 Å². The Hall–Kier alpha value is -5.25. The van der Waals surface area contributed by atoms with E-state index in [0.29, 0.717) is 36.7 Å². The summed E-state index contributed by atoms with van der Waals surface area (Å²) in [5.41, 5.74) is 7.06. The molecule has 54 heavy (non-hydrogen) atoms. The fraction of sp³-hybridized carbons (Fsp3) is 0.178. The first-order valence-corrected chi connectivity index (χ1v) is 19.1. The van der Waals surface area contributed by atoms with Crippen LogP contribution < -0.4 is 9.47 Å². The van der Waals surface area contributed by atoms with Crippen LogP contribution in [0.3, 0.4) is 0 Å². The smallest absolute Gasteiger partial charge is 0.338 e. The molecule has 0 bridgehead atoms. The minimum absolute atomic E-state index is 0.00935. The summed E-state index contributed by atoms with van der Waals surface area (Å²) >= 11 is 6.97. The molecule has 5 aromatic carbocycles. The second kappa shape index (κ2) is 19.7. The van der Waals surface area contributed by atoms with Gasteiger partial charge in [-0.1, -0.05) is 98.6 Å². The average Bonchev–Trinajstić information content (AvgIpc) is 3.58. The predicted octanol–water partition coefficient (Wildman–Crippen LogP) is 11.6. The predicted molar refractivity (Wildman–Crippen MR) is 220 cm³/mol. The highest BCUT2D eigenvalue weighted by Gasteiger charge is 2.17. The van der Waals surface area contributed by atoms with Gasteiger partial charge >= 0.3 is 5.97 Å². The Morgan fingerprint density at radius 2 is 1.26 bits per heavy atom. The number of hydrogen-bond donors (Lipinski definition) is 0. The SMILES string of the molecule is CC(=O)CCC(=O)c1cc(Br)ccc1OCc1ccccc1.CCOC(=O)c1cccc(-n2c(C)ccc2-c2cc(Br)ccc2OCc2ccccc2)c1. The van der Waals surface area contributed by atoms with Gasteiger partial charge in [0.05, 0.1) is 23.4 Å². The molecule has 0 aliphatic carbocycles. The van der Waals surface area contributed by atoms with Crippen molar-refractivity contribution in [2.75, 3.05) is 6.61 Å². The van der Waals surface area contributed by atoms with E-state index in [0.717, 1.165) is 48.5 Å². The zero-order chi connectivity index (χ0) is 38.5. The summed E-state index contributed by atoms with van der Waals surface area (Å²) < 4.78 is 21.1. The van der Waals surface area contributed by atoms with Gasteiger partial charge in [0.1, 0.15) is 30.5 Å². The topological polar surface area (TPSA) is 83.8 Å². The van der Waals surface area contributed by atoms with Gasteiger partial charge in [-0.15, -0.1) is 0 Å². The number of halogens is 2. The molecule has 0 saturated carbocycles. The van der Waals surface area contributed by atoms with E-state index in [9.17, 15) is 14.4 Å². The highest BCUT2D eigenvalue weighted by molar-refractivity contribution is 9.10. The molecule has 0 saturated heterocycles. The Labute approximate surface area is 333 Å². The summed E-state index contributed by atoms with van der Waals surface area (Å²) in [5, 5.41) is 0. The zero-order valence-corrected chi connectivity index (χ0v) is 33.6. The minimum atomic E-state index is -0.324. The molecule has 0 radical (unpaired) electrons. The maximum absolute atomic E-state index is 12.3. The van der Waals surface area contributed by atoms with E-state index < -0.39 is 0 Å². The number of ketones is 2. The second-order valence-corrected chi connectivity index (χ2v) is 14.3. The lowest BCUT2D eigenvalue weighted by molar-refractivity contribution is -0.117. The van der Waals surface area contributed by atoms with Crippen LogP contribution >= 0.6 is 31.9 Å². The number of hydrogen-bond acceptors (Lipinski definition) is 6. The standard InChI is InChI=1S/C27H24BrNO3.C18H17BrO3/c1-3-31-27(30)21-10-7-11-23(16-21)29-19(2)12-14-25(29)24-17-22(28)13-15-26(24)32-18-20-8-5-4-6-9-20;1-13(20)7-9-17(21)16-11-15(19)8-10-18(16)22-12-14-5-3-2-4-6-14/h4-17H,3,18H2,1-2H3;2-6,8,10-11H,7,9,12H2,1H3. The van der Waals surface area contributed by atoms with Crippen molar-refractivity contribution in [2.24, 2.45) is 0 Å². The summed E-state index contributed by atoms with van der Waals surface area (Å²) in [5.74, 6) is 0.934. The number of esters is 1. The number of ether oxygens (including phenoxy) is 3. The Morgan fingerprint density at radius 1 is 0.648 bits per heavy atom. The van der Waals surface area contributed by atoms with E-state index in [1.165, 1.54) is 6.92 Å². The molecule has 0 unspecified atom stereocenters. The van der Waals surface area contributed by atoms with Gasteiger partial charge in [-0.3, -0.25) is 4.79 Å². The number of aryl methyl sites for hydroxylation is 1. The van der Waals surface area contributed by atoms with Crippen molar-refractivity contribution >= 4 is 49.4 Å². The van der Waals surface area contributed by atoms with Gasteiger partial charge in [0.2, 0.25) is 0 Å². The molecule has 6 rings (SSSR count). The lowest BCUT2D eigenvalue weighted by Crippen LogP contribution is -2.07. The number of carbonyl (C=O) groups is 3. The molecular weight excluding hydrogens is 810 g/mol. The van der Waals surface area contributed by atoms with Crippen molar-refractivity contribution < 1.29 is 28.6 Å². The second-order valence-electron chi connectivity index (χ2n) is 12.4. The molecule has 0 aliphatic heterocycles. The monoisotopic (exact) mass is 849 g/mol. The first-order valence-electron chi connectivity index (χ1n) is 17.5. The van der Waals surface area contributed by atoms with E-state index >= 15 is 0 Å². The molecule has 0 fully saturated rings. The van der Waals surface area contributed by atoms with Crippen molar-refractivity contribution in [1.29, 1.82) is 0 Å². The summed E-state index contributed by atoms with van der Waals surface area (Å²) in [6.45, 7) is 6.56. The Bertz CT molecular complexity index is 2200. The first-order chi connectivity index (χ1) is 26.1. The van der Waals surface area contributed by atoms with E-state index in [1.54, 1.807) is 25.1 Å². The Balaban J connectivity index is 0.000000223. The highest BCUT2D eigenvalue weighted by Crippen LogP contribution is 2.36. The third-order valence-electron chi connectivity index (χ3n) is 8.33. The van der Waals surface area contributed by atoms with Gasteiger partial charge in [0.25, 0.3) is 0 Å². The summed E-state index contributed by atoms with van der Waals surface area (Å²) in [4.78, 5) is 35.6. The average molecular weight is 852 g/mol. The molecule has 9 heteroatoms. The lowest BCUT2D eigenvalue weighted by Gasteiger charge is -2.17. The molecular formula is C45H41Br2NO6. The normalized spacial score (nSPS) is 10.5. The summed E-state index contributed by atoms with van der Waals surface area (Å²) in [7, 11) is 0. The summed E-state index contributed by atoms with van der Waals surface area (Å²) in [6.07, 6.45) is 0.455. The van der Waals surface area contributed by atoms with E-state index in [-0.39, 0.29) is 30.4 Å². The van der Waals surface area contributed by atoms with Crippen molar-refractivity contribution in [1.82, 2.24) is 4.57 Å². The van der Waals surface area contributed by atoms with Crippen LogP contribution in [0.5, 0.6) is 11.5 Å². The molecule has 1 aromatic heterocycles. The highest BCUT2D eigenvalue weighted by atomic mass is 79.9. The maximum atomic E-state index is 12.3. The van der Waals surface area contributed by atoms with E-state index in [1.807, 2.05) is 104 Å². The lowest BCUT2D eigenvalue weighted by atomic mass is 10.0. The van der Waals surface area contributed by atoms with Crippen LogP contribution in [0.1, 0.15) is 64.2 Å². The van der Waals surface area contributed by atoms with Crippen LogP contribution in [0, 0.1) is 6.92 Å². The Kier molecular flexibility index (Phi) is 14.6. The number of carbonyl (C=O) groups excluding carboxylic acids is 3. The molecule has 0 N–H and O–H groups in total. The van der Waals surface area contributed by atoms with Crippen molar-refractivity contribution in [2.45, 2.75) is 46.8 Å². The van der Waals surface area contributed by atoms with Crippen LogP contribution in [0.2, 0.25) is 0 Å². The van der Waals surface area contributed by atoms with Crippen molar-refractivity contribution in [3.8, 4) is 28.4 Å². The molecule has 1 heterocycles. The van der Waals surface area contributed by atoms with E-state index in [4.69, 9.17) is 14.2 Å². The van der Waals surface area contributed by atoms with Crippen LogP contribution in [-0.2, 0) is 22.7 Å². The number of rotatable bonds is 14. The van der Waals surface area contributed by atoms with Crippen LogP contribution in [0.15, 0.2) is 142 Å². The number of aromatic nitrogens is 1. The molecule has 0 aliphatic rings. The van der Waals surface area contributed by atoms with Crippen molar-refractivity contribution in [3.63, 3.8) is 0 Å². The quantitative estimate of drug-likeness (QED) is 0.0802. The van der Waals surface area contributed by atoms with Gasteiger partial charge in [-0.25, -0.2) is 4.79 Å². The molecule has 276 valence electrons. The molecule has 6 aromatic rings. The zero-order valence-electron chi connectivity index (χ0n) is 30.4. The molecule has 0 atom stereocenters. The van der Waals surface area contributed by atoms with Gasteiger partial charge in [0.15, 0.2) is 5.78 Å². The van der Waals surface area contributed by atoms with Gasteiger partial charge in [-0.05, 0) is 98.6 Å². The third kappa shape index (κ3) is 11.1. The van der Waals surface area contributed by atoms with Crippen LogP contribution in [0.4, 0.5) is 0 Å². The van der Waals surface area contributed by atoms with Crippen LogP contribution in [0.25, 0.3) is 16.9 Å². The fourth-order valence-corrected chi connectivity index (χ4v) is 6.37. The molecule has 7 nitrogen and oxygen atoms in total. The number of benzene rings is 5. The number of Topliss-reactive ketones (excluding diaryl/α,β-unsaturated/α-hetero) is 2. The van der Waals surface area contributed by atoms with E-state index in [2.05, 4.69) is 54.6 Å². The third-order valence-corrected chi connectivity index (χ3v) is 9.32. The number of nitrogens with zero attached hydrogens (tertiary/aromatic N) is 1. The van der Waals surface area contributed by atoms with Gasteiger partial charge < -0.3 is 23.6 Å². The Morgan fingerprint density at radius 3 is 1.89 bits per heavy atom. The molecule has 0 spiro atoms. The summed E-state index contributed by atoms with van der Waals surface area (Å²) in [6, 6.07) is 42.9. The maximum Gasteiger partial charge on any atom is 0.338 e. The molecule has 0 amide bonds. The minimum Gasteiger partial charge on any atom is -0.488 e. The van der Waals surface area contributed by atoms with Gasteiger partial charge in [-0.2, -0.15) is 0 Å². The first kappa shape index (κ1) is 39.9. The fourth-order valence-electron chi connectivity index (χ4n) is 5.65. The van der Waals surface area contributed by atoms with Crippen LogP contribution in [-0.4, -0.2) is 28.7 Å².